The van der Waals surface area contributed by atoms with Gasteiger partial charge in [0.05, 0.1) is 19.2 Å². The zero-order chi connectivity index (χ0) is 20.5. The van der Waals surface area contributed by atoms with Crippen LogP contribution in [0.5, 0.6) is 5.75 Å². The van der Waals surface area contributed by atoms with Crippen molar-refractivity contribution in [3.63, 3.8) is 0 Å². The average molecular weight is 434 g/mol. The van der Waals surface area contributed by atoms with Crippen molar-refractivity contribution in [2.24, 2.45) is 0 Å². The lowest BCUT2D eigenvalue weighted by molar-refractivity contribution is -0.124. The molecule has 4 rings (SSSR count). The number of rotatable bonds is 5. The first-order chi connectivity index (χ1) is 14.0. The van der Waals surface area contributed by atoms with Crippen LogP contribution in [0.15, 0.2) is 35.7 Å². The number of urea groups is 1. The van der Waals surface area contributed by atoms with Crippen molar-refractivity contribution in [2.75, 3.05) is 18.6 Å². The van der Waals surface area contributed by atoms with Crippen LogP contribution in [0.4, 0.5) is 10.5 Å². The zero-order valence-corrected chi connectivity index (χ0v) is 17.3. The monoisotopic (exact) mass is 433 g/mol. The molecule has 1 N–H and O–H groups in total. The molecule has 29 heavy (non-hydrogen) atoms. The fourth-order valence-electron chi connectivity index (χ4n) is 3.84. The summed E-state index contributed by atoms with van der Waals surface area (Å²) in [7, 11) is 1.48. The Hall–Kier alpha value is -2.58. The molecule has 1 aromatic carbocycles. The van der Waals surface area contributed by atoms with Crippen LogP contribution in [0.1, 0.15) is 17.7 Å². The van der Waals surface area contributed by atoms with E-state index in [1.165, 1.54) is 18.4 Å². The standard InChI is InChI=1S/C20H20ClN3O4S/c1-28-17-5-4-12(21)9-15(17)24-19(26)16-10-13(6-7-23(16)20(24)27)22-18(25)11-14-3-2-8-29-14/h2-5,8-9,13,16H,6-7,10-11H2,1H3,(H,22,25)/t13-,16-/m0/s1. The Morgan fingerprint density at radius 1 is 1.34 bits per heavy atom. The molecule has 0 radical (unpaired) electrons. The molecular formula is C20H20ClN3O4S. The number of piperidine rings is 1. The quantitative estimate of drug-likeness (QED) is 0.735. The van der Waals surface area contributed by atoms with Crippen LogP contribution >= 0.6 is 22.9 Å². The highest BCUT2D eigenvalue weighted by molar-refractivity contribution is 7.10. The summed E-state index contributed by atoms with van der Waals surface area (Å²) in [5, 5.41) is 5.35. The SMILES string of the molecule is COc1ccc(Cl)cc1N1C(=O)[C@@H]2C[C@@H](NC(=O)Cc3cccs3)CCN2C1=O. The zero-order valence-electron chi connectivity index (χ0n) is 15.8. The molecule has 9 heteroatoms. The van der Waals surface area contributed by atoms with Crippen molar-refractivity contribution < 1.29 is 19.1 Å². The van der Waals surface area contributed by atoms with E-state index >= 15 is 0 Å². The van der Waals surface area contributed by atoms with Crippen LogP contribution in [0.3, 0.4) is 0 Å². The fraction of sp³-hybridized carbons (Fsp3) is 0.350. The first kappa shape index (κ1) is 19.7. The van der Waals surface area contributed by atoms with Gasteiger partial charge in [0.2, 0.25) is 5.91 Å². The number of carbonyl (C=O) groups excluding carboxylic acids is 3. The molecule has 0 aliphatic carbocycles. The third-order valence-electron chi connectivity index (χ3n) is 5.21. The lowest BCUT2D eigenvalue weighted by Crippen LogP contribution is -2.50. The molecule has 2 aliphatic heterocycles. The van der Waals surface area contributed by atoms with Crippen LogP contribution in [0, 0.1) is 0 Å². The van der Waals surface area contributed by atoms with Crippen LogP contribution < -0.4 is 15.0 Å². The third-order valence-corrected chi connectivity index (χ3v) is 6.32. The number of fused-ring (bicyclic) bond motifs is 1. The Labute approximate surface area is 177 Å². The number of nitrogens with one attached hydrogen (secondary N) is 1. The number of thiophene rings is 1. The Morgan fingerprint density at radius 3 is 2.90 bits per heavy atom. The summed E-state index contributed by atoms with van der Waals surface area (Å²) >= 11 is 7.61. The van der Waals surface area contributed by atoms with Crippen LogP contribution in [0.2, 0.25) is 5.02 Å². The summed E-state index contributed by atoms with van der Waals surface area (Å²) < 4.78 is 5.31. The van der Waals surface area contributed by atoms with Crippen molar-refractivity contribution in [3.05, 3.63) is 45.6 Å². The van der Waals surface area contributed by atoms with Crippen molar-refractivity contribution in [1.29, 1.82) is 0 Å². The summed E-state index contributed by atoms with van der Waals surface area (Å²) in [4.78, 5) is 42.0. The van der Waals surface area contributed by atoms with Gasteiger partial charge in [-0.25, -0.2) is 9.69 Å². The van der Waals surface area contributed by atoms with Gasteiger partial charge in [0.1, 0.15) is 11.8 Å². The summed E-state index contributed by atoms with van der Waals surface area (Å²) in [6.45, 7) is 0.401. The molecule has 7 nitrogen and oxygen atoms in total. The van der Waals surface area contributed by atoms with Crippen molar-refractivity contribution in [3.8, 4) is 5.75 Å². The van der Waals surface area contributed by atoms with Crippen molar-refractivity contribution >= 4 is 46.5 Å². The maximum Gasteiger partial charge on any atom is 0.332 e. The Morgan fingerprint density at radius 2 is 2.17 bits per heavy atom. The molecule has 1 aromatic heterocycles. The first-order valence-corrected chi connectivity index (χ1v) is 10.5. The van der Waals surface area contributed by atoms with Gasteiger partial charge in [-0.1, -0.05) is 17.7 Å². The lowest BCUT2D eigenvalue weighted by Gasteiger charge is -2.32. The molecule has 3 heterocycles. The van der Waals surface area contributed by atoms with Crippen LogP contribution in [-0.4, -0.2) is 48.5 Å². The number of ether oxygens (including phenoxy) is 1. The number of hydrogen-bond acceptors (Lipinski definition) is 5. The number of methoxy groups -OCH3 is 1. The van der Waals surface area contributed by atoms with Gasteiger partial charge in [-0.05, 0) is 42.5 Å². The maximum atomic E-state index is 13.1. The van der Waals surface area contributed by atoms with Gasteiger partial charge in [0.25, 0.3) is 5.91 Å². The fourth-order valence-corrected chi connectivity index (χ4v) is 4.71. The topological polar surface area (TPSA) is 79.0 Å². The second-order valence-corrected chi connectivity index (χ2v) is 8.50. The van der Waals surface area contributed by atoms with E-state index in [2.05, 4.69) is 5.32 Å². The minimum atomic E-state index is -0.605. The predicted octanol–water partition coefficient (Wildman–Crippen LogP) is 3.07. The lowest BCUT2D eigenvalue weighted by atomic mass is 9.97. The van der Waals surface area contributed by atoms with E-state index in [1.54, 1.807) is 23.1 Å². The summed E-state index contributed by atoms with van der Waals surface area (Å²) in [5.41, 5.74) is 0.336. The van der Waals surface area contributed by atoms with Crippen LogP contribution in [-0.2, 0) is 16.0 Å². The second-order valence-electron chi connectivity index (χ2n) is 7.03. The number of imide groups is 1. The number of carbonyl (C=O) groups is 3. The van der Waals surface area contributed by atoms with E-state index in [0.717, 1.165) is 9.78 Å². The summed E-state index contributed by atoms with van der Waals surface area (Å²) in [6.07, 6.45) is 1.31. The molecule has 0 saturated carbocycles. The highest BCUT2D eigenvalue weighted by Crippen LogP contribution is 2.37. The molecule has 4 amide bonds. The number of amides is 4. The summed E-state index contributed by atoms with van der Waals surface area (Å²) in [6, 6.07) is 7.51. The Balaban J connectivity index is 1.48. The highest BCUT2D eigenvalue weighted by Gasteiger charge is 2.49. The number of anilines is 1. The van der Waals surface area contributed by atoms with Gasteiger partial charge in [-0.3, -0.25) is 9.59 Å². The number of halogens is 1. The molecule has 0 unspecified atom stereocenters. The molecule has 2 aliphatic rings. The number of hydrogen-bond donors (Lipinski definition) is 1. The molecule has 152 valence electrons. The van der Waals surface area contributed by atoms with Gasteiger partial charge in [0, 0.05) is 22.5 Å². The van der Waals surface area contributed by atoms with Gasteiger partial charge in [0.15, 0.2) is 0 Å². The van der Waals surface area contributed by atoms with E-state index in [9.17, 15) is 14.4 Å². The Bertz CT molecular complexity index is 949. The molecule has 2 fully saturated rings. The molecule has 0 bridgehead atoms. The molecule has 2 aromatic rings. The van der Waals surface area contributed by atoms with Crippen LogP contribution in [0.25, 0.3) is 0 Å². The van der Waals surface area contributed by atoms with E-state index in [-0.39, 0.29) is 23.9 Å². The van der Waals surface area contributed by atoms with Gasteiger partial charge < -0.3 is 15.0 Å². The molecule has 0 spiro atoms. The predicted molar refractivity (Wildman–Crippen MR) is 111 cm³/mol. The molecular weight excluding hydrogens is 414 g/mol. The van der Waals surface area contributed by atoms with Gasteiger partial charge >= 0.3 is 6.03 Å². The molecule has 2 saturated heterocycles. The van der Waals surface area contributed by atoms with Crippen molar-refractivity contribution in [2.45, 2.75) is 31.3 Å². The van der Waals surface area contributed by atoms with E-state index < -0.39 is 6.04 Å². The number of nitrogens with zero attached hydrogens (tertiary/aromatic N) is 2. The van der Waals surface area contributed by atoms with E-state index in [4.69, 9.17) is 16.3 Å². The normalized spacial score (nSPS) is 21.3. The highest BCUT2D eigenvalue weighted by atomic mass is 35.5. The smallest absolute Gasteiger partial charge is 0.332 e. The van der Waals surface area contributed by atoms with Gasteiger partial charge in [-0.15, -0.1) is 11.3 Å². The maximum absolute atomic E-state index is 13.1. The second kappa shape index (κ2) is 8.04. The molecule has 2 atom stereocenters. The van der Waals surface area contributed by atoms with Gasteiger partial charge in [-0.2, -0.15) is 0 Å². The van der Waals surface area contributed by atoms with E-state index in [0.29, 0.717) is 42.3 Å². The average Bonchev–Trinajstić information content (AvgIpc) is 3.28. The minimum Gasteiger partial charge on any atom is -0.495 e. The van der Waals surface area contributed by atoms with E-state index in [1.807, 2.05) is 17.5 Å². The number of benzene rings is 1. The van der Waals surface area contributed by atoms with Crippen molar-refractivity contribution in [1.82, 2.24) is 10.2 Å². The summed E-state index contributed by atoms with van der Waals surface area (Å²) in [5.74, 6) is 0.000518. The third kappa shape index (κ3) is 3.82. The first-order valence-electron chi connectivity index (χ1n) is 9.27. The Kier molecular flexibility index (Phi) is 5.47. The minimum absolute atomic E-state index is 0.0731. The largest absolute Gasteiger partial charge is 0.495 e.